The predicted molar refractivity (Wildman–Crippen MR) is 69.1 cm³/mol. The molecule has 2 heterocycles. The molecule has 1 aliphatic rings. The molecule has 0 aliphatic carbocycles. The number of carboxylic acids is 1. The average Bonchev–Trinajstić information content (AvgIpc) is 2.96. The molecule has 2 amide bonds. The minimum absolute atomic E-state index is 0.0468. The van der Waals surface area contributed by atoms with Crippen LogP contribution in [0.1, 0.15) is 12.2 Å². The van der Waals surface area contributed by atoms with E-state index in [-0.39, 0.29) is 13.0 Å². The summed E-state index contributed by atoms with van der Waals surface area (Å²) in [5.41, 5.74) is 0. The zero-order valence-corrected chi connectivity index (χ0v) is 11.2. The lowest BCUT2D eigenvalue weighted by Crippen LogP contribution is -2.46. The van der Waals surface area contributed by atoms with Crippen molar-refractivity contribution in [3.63, 3.8) is 0 Å². The number of nitrogens with zero attached hydrogens (tertiary/aromatic N) is 3. The van der Waals surface area contributed by atoms with E-state index in [9.17, 15) is 14.7 Å². The van der Waals surface area contributed by atoms with Gasteiger partial charge in [-0.25, -0.2) is 14.6 Å². The van der Waals surface area contributed by atoms with Crippen molar-refractivity contribution in [2.24, 2.45) is 7.05 Å². The van der Waals surface area contributed by atoms with Crippen molar-refractivity contribution in [3.05, 3.63) is 18.2 Å². The number of aliphatic carboxylic acids is 1. The Hall–Kier alpha value is -2.09. The Kier molecular flexibility index (Phi) is 4.23. The molecule has 3 N–H and O–H groups in total. The van der Waals surface area contributed by atoms with Crippen molar-refractivity contribution in [2.45, 2.75) is 25.0 Å². The molecule has 0 aromatic carbocycles. The van der Waals surface area contributed by atoms with E-state index in [1.54, 1.807) is 6.20 Å². The normalized spacial score (nSPS) is 22.0. The molecular weight excluding hydrogens is 264 g/mol. The first-order chi connectivity index (χ1) is 9.49. The van der Waals surface area contributed by atoms with Gasteiger partial charge in [0.25, 0.3) is 0 Å². The Morgan fingerprint density at radius 3 is 2.90 bits per heavy atom. The second-order valence-electron chi connectivity index (χ2n) is 4.83. The van der Waals surface area contributed by atoms with E-state index in [1.807, 2.05) is 17.8 Å². The highest BCUT2D eigenvalue weighted by Gasteiger charge is 2.38. The lowest BCUT2D eigenvalue weighted by molar-refractivity contribution is -0.141. The van der Waals surface area contributed by atoms with Gasteiger partial charge in [-0.15, -0.1) is 0 Å². The van der Waals surface area contributed by atoms with Crippen LogP contribution in [0.2, 0.25) is 0 Å². The van der Waals surface area contributed by atoms with Gasteiger partial charge in [0.15, 0.2) is 0 Å². The van der Waals surface area contributed by atoms with Gasteiger partial charge in [-0.2, -0.15) is 0 Å². The molecule has 1 aromatic heterocycles. The number of likely N-dealkylation sites (tertiary alicyclic amines) is 1. The van der Waals surface area contributed by atoms with Crippen LogP contribution in [0.4, 0.5) is 4.79 Å². The van der Waals surface area contributed by atoms with E-state index in [0.717, 1.165) is 10.7 Å². The Labute approximate surface area is 116 Å². The van der Waals surface area contributed by atoms with Gasteiger partial charge in [0, 0.05) is 45.4 Å². The van der Waals surface area contributed by atoms with Gasteiger partial charge in [-0.05, 0) is 0 Å². The SMILES string of the molecule is Cn1ccnc1CCNC(=O)N1C[C@@H](O)C[C@H]1C(=O)O. The number of hydrogen-bond donors (Lipinski definition) is 3. The molecule has 1 aromatic rings. The fourth-order valence-electron chi connectivity index (χ4n) is 2.29. The molecule has 8 heteroatoms. The van der Waals surface area contributed by atoms with Gasteiger partial charge in [0.05, 0.1) is 6.10 Å². The maximum Gasteiger partial charge on any atom is 0.326 e. The van der Waals surface area contributed by atoms with Crippen LogP contribution in [0.25, 0.3) is 0 Å². The second kappa shape index (κ2) is 5.91. The van der Waals surface area contributed by atoms with Crippen LogP contribution in [0, 0.1) is 0 Å². The van der Waals surface area contributed by atoms with Gasteiger partial charge in [-0.3, -0.25) is 0 Å². The Morgan fingerprint density at radius 2 is 2.30 bits per heavy atom. The molecule has 110 valence electrons. The van der Waals surface area contributed by atoms with Crippen molar-refractivity contribution >= 4 is 12.0 Å². The summed E-state index contributed by atoms with van der Waals surface area (Å²) in [6.45, 7) is 0.411. The van der Waals surface area contributed by atoms with Crippen LogP contribution in [-0.2, 0) is 18.3 Å². The maximum atomic E-state index is 11.9. The number of hydrogen-bond acceptors (Lipinski definition) is 4. The molecule has 20 heavy (non-hydrogen) atoms. The third kappa shape index (κ3) is 3.08. The number of nitrogens with one attached hydrogen (secondary N) is 1. The van der Waals surface area contributed by atoms with Crippen molar-refractivity contribution in [2.75, 3.05) is 13.1 Å². The van der Waals surface area contributed by atoms with Gasteiger partial charge in [0.1, 0.15) is 11.9 Å². The molecule has 0 unspecified atom stereocenters. The number of aromatic nitrogens is 2. The summed E-state index contributed by atoms with van der Waals surface area (Å²) in [6, 6.07) is -1.43. The van der Waals surface area contributed by atoms with E-state index in [1.165, 1.54) is 0 Å². The Bertz CT molecular complexity index is 501. The lowest BCUT2D eigenvalue weighted by Gasteiger charge is -2.21. The zero-order valence-electron chi connectivity index (χ0n) is 11.2. The summed E-state index contributed by atoms with van der Waals surface area (Å²) in [5, 5.41) is 21.2. The molecule has 0 radical (unpaired) electrons. The van der Waals surface area contributed by atoms with E-state index >= 15 is 0 Å². The number of imidazole rings is 1. The van der Waals surface area contributed by atoms with Crippen LogP contribution < -0.4 is 5.32 Å². The number of aliphatic hydroxyl groups is 1. The zero-order chi connectivity index (χ0) is 14.7. The van der Waals surface area contributed by atoms with Crippen molar-refractivity contribution in [3.8, 4) is 0 Å². The molecule has 2 rings (SSSR count). The van der Waals surface area contributed by atoms with Crippen LogP contribution >= 0.6 is 0 Å². The Balaban J connectivity index is 1.85. The standard InChI is InChI=1S/C12H18N4O4/c1-15-5-4-13-10(15)2-3-14-12(20)16-7-8(17)6-9(16)11(18)19/h4-5,8-9,17H,2-3,6-7H2,1H3,(H,14,20)(H,18,19)/t8-,9-/m0/s1. The highest BCUT2D eigenvalue weighted by atomic mass is 16.4. The predicted octanol–water partition coefficient (Wildman–Crippen LogP) is -0.808. The summed E-state index contributed by atoms with van der Waals surface area (Å²) in [5.74, 6) is -0.262. The third-order valence-corrected chi connectivity index (χ3v) is 3.37. The number of rotatable bonds is 4. The van der Waals surface area contributed by atoms with Gasteiger partial charge in [0.2, 0.25) is 0 Å². The van der Waals surface area contributed by atoms with Crippen molar-refractivity contribution in [1.82, 2.24) is 19.8 Å². The first-order valence-corrected chi connectivity index (χ1v) is 6.40. The molecule has 1 aliphatic heterocycles. The minimum Gasteiger partial charge on any atom is -0.480 e. The molecule has 1 fully saturated rings. The van der Waals surface area contributed by atoms with E-state index in [0.29, 0.717) is 13.0 Å². The maximum absolute atomic E-state index is 11.9. The lowest BCUT2D eigenvalue weighted by atomic mass is 10.2. The topological polar surface area (TPSA) is 108 Å². The van der Waals surface area contributed by atoms with Crippen LogP contribution in [-0.4, -0.2) is 61.9 Å². The van der Waals surface area contributed by atoms with Crippen LogP contribution in [0.5, 0.6) is 0 Å². The molecular formula is C12H18N4O4. The fraction of sp³-hybridized carbons (Fsp3) is 0.583. The quantitative estimate of drug-likeness (QED) is 0.669. The molecule has 0 saturated carbocycles. The van der Waals surface area contributed by atoms with Crippen LogP contribution in [0.15, 0.2) is 12.4 Å². The number of carboxylic acid groups (broad SMARTS) is 1. The molecule has 2 atom stereocenters. The fourth-order valence-corrected chi connectivity index (χ4v) is 2.29. The smallest absolute Gasteiger partial charge is 0.326 e. The number of urea groups is 1. The van der Waals surface area contributed by atoms with Gasteiger partial charge < -0.3 is 25.0 Å². The Morgan fingerprint density at radius 1 is 1.55 bits per heavy atom. The first-order valence-electron chi connectivity index (χ1n) is 6.40. The molecule has 0 bridgehead atoms. The van der Waals surface area contributed by atoms with E-state index in [2.05, 4.69) is 10.3 Å². The van der Waals surface area contributed by atoms with E-state index < -0.39 is 24.1 Å². The number of aryl methyl sites for hydroxylation is 1. The van der Waals surface area contributed by atoms with E-state index in [4.69, 9.17) is 5.11 Å². The summed E-state index contributed by atoms with van der Waals surface area (Å²) in [4.78, 5) is 28.2. The third-order valence-electron chi connectivity index (χ3n) is 3.37. The number of amides is 2. The summed E-state index contributed by atoms with van der Waals surface area (Å²) >= 11 is 0. The molecule has 1 saturated heterocycles. The van der Waals surface area contributed by atoms with Gasteiger partial charge in [-0.1, -0.05) is 0 Å². The monoisotopic (exact) mass is 282 g/mol. The van der Waals surface area contributed by atoms with Crippen LogP contribution in [0.3, 0.4) is 0 Å². The highest BCUT2D eigenvalue weighted by molar-refractivity contribution is 5.83. The first kappa shape index (κ1) is 14.3. The summed E-state index contributed by atoms with van der Waals surface area (Å²) in [7, 11) is 1.86. The van der Waals surface area contributed by atoms with Crippen molar-refractivity contribution < 1.29 is 19.8 Å². The summed E-state index contributed by atoms with van der Waals surface area (Å²) in [6.07, 6.45) is 3.34. The largest absolute Gasteiger partial charge is 0.480 e. The number of carbonyl (C=O) groups is 2. The van der Waals surface area contributed by atoms with Crippen molar-refractivity contribution in [1.29, 1.82) is 0 Å². The average molecular weight is 282 g/mol. The minimum atomic E-state index is -1.10. The second-order valence-corrected chi connectivity index (χ2v) is 4.83. The molecule has 8 nitrogen and oxygen atoms in total. The number of aliphatic hydroxyl groups excluding tert-OH is 1. The number of carbonyl (C=O) groups excluding carboxylic acids is 1. The summed E-state index contributed by atoms with van der Waals surface area (Å²) < 4.78 is 1.85. The molecule has 0 spiro atoms. The highest BCUT2D eigenvalue weighted by Crippen LogP contribution is 2.17. The number of β-amino-alcohol motifs (C(OH)–C–C–N with tert-alkyl or cyclic N) is 1. The van der Waals surface area contributed by atoms with Gasteiger partial charge >= 0.3 is 12.0 Å².